The molecule has 0 aromatic rings. The summed E-state index contributed by atoms with van der Waals surface area (Å²) in [6.07, 6.45) is 4.59. The van der Waals surface area contributed by atoms with Gasteiger partial charge < -0.3 is 15.0 Å². The van der Waals surface area contributed by atoms with Crippen LogP contribution in [0, 0.1) is 23.2 Å². The quantitative estimate of drug-likeness (QED) is 0.541. The fourth-order valence-corrected chi connectivity index (χ4v) is 4.43. The van der Waals surface area contributed by atoms with Crippen LogP contribution in [-0.2, 0) is 14.4 Å². The van der Waals surface area contributed by atoms with Crippen LogP contribution in [0.3, 0.4) is 0 Å². The van der Waals surface area contributed by atoms with Gasteiger partial charge in [0, 0.05) is 6.42 Å². The first-order valence-corrected chi connectivity index (χ1v) is 9.16. The first kappa shape index (κ1) is 21.4. The van der Waals surface area contributed by atoms with Crippen molar-refractivity contribution in [1.82, 2.24) is 0 Å². The minimum absolute atomic E-state index is 0.0799. The van der Waals surface area contributed by atoms with Crippen molar-refractivity contribution in [3.63, 3.8) is 0 Å². The summed E-state index contributed by atoms with van der Waals surface area (Å²) in [5, 5.41) is 18.7. The van der Waals surface area contributed by atoms with Gasteiger partial charge in [-0.05, 0) is 69.6 Å². The highest BCUT2D eigenvalue weighted by atomic mass is 16.4. The van der Waals surface area contributed by atoms with E-state index in [0.717, 1.165) is 18.4 Å². The third kappa shape index (κ3) is 6.29. The highest BCUT2D eigenvalue weighted by Gasteiger charge is 2.46. The van der Waals surface area contributed by atoms with E-state index in [1.54, 1.807) is 0 Å². The minimum atomic E-state index is -0.826. The third-order valence-corrected chi connectivity index (χ3v) is 5.85. The van der Waals surface area contributed by atoms with E-state index in [0.29, 0.717) is 32.1 Å². The van der Waals surface area contributed by atoms with Gasteiger partial charge in [0.1, 0.15) is 5.78 Å². The fourth-order valence-electron chi connectivity index (χ4n) is 4.43. The van der Waals surface area contributed by atoms with Gasteiger partial charge in [-0.1, -0.05) is 19.1 Å². The van der Waals surface area contributed by atoms with Crippen LogP contribution in [0.25, 0.3) is 0 Å². The van der Waals surface area contributed by atoms with Gasteiger partial charge in [-0.15, -0.1) is 0 Å². The van der Waals surface area contributed by atoms with Crippen molar-refractivity contribution in [2.45, 2.75) is 72.1 Å². The molecule has 0 radical (unpaired) electrons. The Morgan fingerprint density at radius 3 is 2.32 bits per heavy atom. The molecule has 0 aromatic carbocycles. The Balaban J connectivity index is 2.78. The lowest BCUT2D eigenvalue weighted by Gasteiger charge is -2.34. The lowest BCUT2D eigenvalue weighted by Crippen LogP contribution is -2.29. The number of hydrogen-bond donors (Lipinski definition) is 2. The predicted molar refractivity (Wildman–Crippen MR) is 96.3 cm³/mol. The number of rotatable bonds is 11. The summed E-state index contributed by atoms with van der Waals surface area (Å²) >= 11 is 0. The zero-order valence-corrected chi connectivity index (χ0v) is 15.7. The summed E-state index contributed by atoms with van der Waals surface area (Å²) in [7, 11) is 0. The molecule has 1 aliphatic carbocycles. The van der Waals surface area contributed by atoms with Crippen molar-refractivity contribution in [3.8, 4) is 0 Å². The summed E-state index contributed by atoms with van der Waals surface area (Å²) < 4.78 is 0. The van der Waals surface area contributed by atoms with Gasteiger partial charge >= 0.3 is 11.9 Å². The number of carboxylic acid groups (broad SMARTS) is 2. The van der Waals surface area contributed by atoms with Gasteiger partial charge in [0.2, 0.25) is 0 Å². The van der Waals surface area contributed by atoms with Gasteiger partial charge in [-0.3, -0.25) is 9.59 Å². The first-order valence-electron chi connectivity index (χ1n) is 9.16. The van der Waals surface area contributed by atoms with Crippen molar-refractivity contribution >= 4 is 17.7 Å². The second-order valence-corrected chi connectivity index (χ2v) is 8.03. The van der Waals surface area contributed by atoms with E-state index in [1.807, 2.05) is 13.8 Å². The number of hydrogen-bond acceptors (Lipinski definition) is 3. The highest BCUT2D eigenvalue weighted by molar-refractivity contribution is 5.75. The van der Waals surface area contributed by atoms with E-state index in [4.69, 9.17) is 0 Å². The Kier molecular flexibility index (Phi) is 7.84. The maximum atomic E-state index is 11.5. The molecule has 4 atom stereocenters. The van der Waals surface area contributed by atoms with E-state index in [-0.39, 0.29) is 29.5 Å². The van der Waals surface area contributed by atoms with E-state index in [2.05, 4.69) is 6.58 Å². The monoisotopic (exact) mass is 352 g/mol. The van der Waals surface area contributed by atoms with Crippen molar-refractivity contribution in [2.24, 2.45) is 23.2 Å². The Morgan fingerprint density at radius 2 is 1.84 bits per heavy atom. The molecule has 25 heavy (non-hydrogen) atoms. The second kappa shape index (κ2) is 9.16. The topological polar surface area (TPSA) is 91.7 Å². The van der Waals surface area contributed by atoms with Gasteiger partial charge in [-0.2, -0.15) is 0 Å². The van der Waals surface area contributed by atoms with Gasteiger partial charge in [0.05, 0.1) is 12.3 Å². The summed E-state index contributed by atoms with van der Waals surface area (Å²) in [4.78, 5) is 33.9. The summed E-state index contributed by atoms with van der Waals surface area (Å²) in [5.74, 6) is -1.61. The maximum Gasteiger partial charge on any atom is 0.306 e. The number of Topliss-reactive ketones (excluding diaryl/α,β-unsaturated/α-hetero) is 1. The molecule has 1 saturated carbocycles. The summed E-state index contributed by atoms with van der Waals surface area (Å²) in [6.45, 7) is 9.57. The van der Waals surface area contributed by atoms with E-state index < -0.39 is 17.9 Å². The Morgan fingerprint density at radius 1 is 1.20 bits per heavy atom. The van der Waals surface area contributed by atoms with Crippen LogP contribution >= 0.6 is 0 Å². The molecule has 0 spiro atoms. The highest BCUT2D eigenvalue weighted by Crippen LogP contribution is 2.53. The predicted octanol–water partition coefficient (Wildman–Crippen LogP) is 4.31. The number of carboxylic acids is 2. The Hall–Kier alpha value is -1.65. The van der Waals surface area contributed by atoms with Crippen LogP contribution in [0.5, 0.6) is 0 Å². The van der Waals surface area contributed by atoms with E-state index in [1.165, 1.54) is 6.92 Å². The van der Waals surface area contributed by atoms with Crippen molar-refractivity contribution < 1.29 is 24.6 Å². The molecule has 0 aromatic heterocycles. The lowest BCUT2D eigenvalue weighted by atomic mass is 9.70. The van der Waals surface area contributed by atoms with E-state index in [9.17, 15) is 24.6 Å². The Bertz CT molecular complexity index is 524. The molecule has 1 aliphatic rings. The SMILES string of the molecule is C=C(C)C1CCC(C)(CC(=O)O)C1CCC(CCCC(C)=O)C(=O)O. The molecule has 2 N–H and O–H groups in total. The first-order chi connectivity index (χ1) is 11.6. The van der Waals surface area contributed by atoms with Crippen molar-refractivity contribution in [1.29, 1.82) is 0 Å². The molecule has 142 valence electrons. The zero-order chi connectivity index (χ0) is 19.2. The summed E-state index contributed by atoms with van der Waals surface area (Å²) in [6, 6.07) is 0. The second-order valence-electron chi connectivity index (χ2n) is 8.03. The van der Waals surface area contributed by atoms with Gasteiger partial charge in [-0.25, -0.2) is 0 Å². The largest absolute Gasteiger partial charge is 0.481 e. The molecule has 1 rings (SSSR count). The molecule has 0 amide bonds. The smallest absolute Gasteiger partial charge is 0.306 e. The average Bonchev–Trinajstić information content (AvgIpc) is 2.77. The molecule has 0 aliphatic heterocycles. The number of carbonyl (C=O) groups excluding carboxylic acids is 1. The molecular formula is C20H32O5. The molecule has 5 heteroatoms. The van der Waals surface area contributed by atoms with Crippen LogP contribution in [0.4, 0.5) is 0 Å². The normalized spacial score (nSPS) is 27.0. The third-order valence-electron chi connectivity index (χ3n) is 5.85. The maximum absolute atomic E-state index is 11.5. The zero-order valence-electron chi connectivity index (χ0n) is 15.7. The number of carbonyl (C=O) groups is 3. The summed E-state index contributed by atoms with van der Waals surface area (Å²) in [5.41, 5.74) is 0.750. The molecule has 1 fully saturated rings. The molecule has 0 bridgehead atoms. The lowest BCUT2D eigenvalue weighted by molar-refractivity contribution is -0.143. The molecule has 4 unspecified atom stereocenters. The van der Waals surface area contributed by atoms with Crippen LogP contribution in [0.15, 0.2) is 12.2 Å². The van der Waals surface area contributed by atoms with Crippen LogP contribution in [0.2, 0.25) is 0 Å². The standard InChI is InChI=1S/C20H32O5/c1-13(2)16-10-11-20(4,12-18(22)23)17(16)9-8-15(19(24)25)7-5-6-14(3)21/h15-17H,1,5-12H2,2-4H3,(H,22,23)(H,24,25). The molecule has 5 nitrogen and oxygen atoms in total. The molecule has 0 heterocycles. The number of aliphatic carboxylic acids is 2. The van der Waals surface area contributed by atoms with Gasteiger partial charge in [0.25, 0.3) is 0 Å². The molecule has 0 saturated heterocycles. The van der Waals surface area contributed by atoms with Gasteiger partial charge in [0.15, 0.2) is 0 Å². The van der Waals surface area contributed by atoms with Crippen molar-refractivity contribution in [2.75, 3.05) is 0 Å². The number of allylic oxidation sites excluding steroid dienone is 1. The van der Waals surface area contributed by atoms with Crippen LogP contribution in [0.1, 0.15) is 72.1 Å². The number of ketones is 1. The van der Waals surface area contributed by atoms with Crippen molar-refractivity contribution in [3.05, 3.63) is 12.2 Å². The fraction of sp³-hybridized carbons (Fsp3) is 0.750. The van der Waals surface area contributed by atoms with Crippen LogP contribution < -0.4 is 0 Å². The minimum Gasteiger partial charge on any atom is -0.481 e. The average molecular weight is 352 g/mol. The molecular weight excluding hydrogens is 320 g/mol. The Labute approximate surface area is 150 Å². The van der Waals surface area contributed by atoms with E-state index >= 15 is 0 Å². The van der Waals surface area contributed by atoms with Crippen LogP contribution in [-0.4, -0.2) is 27.9 Å².